The molecular formula is C16H23NO2. The maximum atomic E-state index is 6.23. The van der Waals surface area contributed by atoms with Gasteiger partial charge in [0, 0.05) is 0 Å². The zero-order valence-corrected chi connectivity index (χ0v) is 11.7. The molecule has 19 heavy (non-hydrogen) atoms. The minimum atomic E-state index is 0.187. The molecule has 2 aliphatic rings. The van der Waals surface area contributed by atoms with E-state index in [0.29, 0.717) is 12.3 Å². The van der Waals surface area contributed by atoms with Gasteiger partial charge in [-0.3, -0.25) is 0 Å². The van der Waals surface area contributed by atoms with Gasteiger partial charge in [-0.1, -0.05) is 18.9 Å². The molecule has 1 aliphatic heterocycles. The largest absolute Gasteiger partial charge is 0.489 e. The lowest BCUT2D eigenvalue weighted by Crippen LogP contribution is -2.27. The molecule has 0 radical (unpaired) electrons. The predicted molar refractivity (Wildman–Crippen MR) is 76.4 cm³/mol. The molecule has 1 atom stereocenters. The van der Waals surface area contributed by atoms with Crippen molar-refractivity contribution in [2.45, 2.75) is 57.2 Å². The van der Waals surface area contributed by atoms with Crippen LogP contribution < -0.4 is 10.5 Å². The van der Waals surface area contributed by atoms with Crippen molar-refractivity contribution in [3.8, 4) is 5.75 Å². The van der Waals surface area contributed by atoms with Crippen LogP contribution in [-0.2, 0) is 4.74 Å². The van der Waals surface area contributed by atoms with Gasteiger partial charge in [-0.15, -0.1) is 0 Å². The van der Waals surface area contributed by atoms with Crippen molar-refractivity contribution in [3.05, 3.63) is 23.8 Å². The van der Waals surface area contributed by atoms with Crippen molar-refractivity contribution >= 4 is 5.69 Å². The summed E-state index contributed by atoms with van der Waals surface area (Å²) in [6.07, 6.45) is 7.65. The topological polar surface area (TPSA) is 44.5 Å². The average Bonchev–Trinajstić information content (AvgIpc) is 2.99. The fourth-order valence-electron chi connectivity index (χ4n) is 3.38. The highest BCUT2D eigenvalue weighted by Gasteiger charge is 2.42. The number of ether oxygens (including phenoxy) is 2. The van der Waals surface area contributed by atoms with Crippen LogP contribution in [0.5, 0.6) is 5.75 Å². The fourth-order valence-corrected chi connectivity index (χ4v) is 3.38. The van der Waals surface area contributed by atoms with Crippen molar-refractivity contribution in [1.29, 1.82) is 0 Å². The molecule has 3 heteroatoms. The number of anilines is 1. The highest BCUT2D eigenvalue weighted by molar-refractivity contribution is 5.54. The Hall–Kier alpha value is -1.22. The van der Waals surface area contributed by atoms with Crippen LogP contribution in [0, 0.1) is 6.92 Å². The Morgan fingerprint density at radius 1 is 1.32 bits per heavy atom. The Balaban J connectivity index is 1.55. The molecule has 104 valence electrons. The van der Waals surface area contributed by atoms with E-state index in [2.05, 4.69) is 0 Å². The van der Waals surface area contributed by atoms with E-state index < -0.39 is 0 Å². The van der Waals surface area contributed by atoms with E-state index >= 15 is 0 Å². The molecule has 2 fully saturated rings. The lowest BCUT2D eigenvalue weighted by molar-refractivity contribution is -0.0508. The zero-order chi connectivity index (χ0) is 13.3. The molecule has 1 spiro atoms. The molecule has 2 N–H and O–H groups in total. The number of hydrogen-bond donors (Lipinski definition) is 1. The maximum Gasteiger partial charge on any atom is 0.142 e. The number of benzene rings is 1. The maximum absolute atomic E-state index is 6.23. The molecule has 1 unspecified atom stereocenters. The first-order chi connectivity index (χ1) is 9.17. The summed E-state index contributed by atoms with van der Waals surface area (Å²) in [4.78, 5) is 0. The Morgan fingerprint density at radius 3 is 2.84 bits per heavy atom. The quantitative estimate of drug-likeness (QED) is 0.848. The smallest absolute Gasteiger partial charge is 0.142 e. The van der Waals surface area contributed by atoms with Gasteiger partial charge in [0.2, 0.25) is 0 Å². The molecule has 0 bridgehead atoms. The molecule has 1 heterocycles. The summed E-state index contributed by atoms with van der Waals surface area (Å²) >= 11 is 0. The van der Waals surface area contributed by atoms with Gasteiger partial charge < -0.3 is 15.2 Å². The van der Waals surface area contributed by atoms with Gasteiger partial charge in [0.1, 0.15) is 12.4 Å². The molecular weight excluding hydrogens is 238 g/mol. The molecule has 1 aromatic carbocycles. The van der Waals surface area contributed by atoms with E-state index in [0.717, 1.165) is 17.7 Å². The minimum Gasteiger partial charge on any atom is -0.489 e. The van der Waals surface area contributed by atoms with Gasteiger partial charge in [0.05, 0.1) is 17.4 Å². The standard InChI is InChI=1S/C16H23NO2/c1-12-4-5-15(14(17)10-12)18-11-13-6-9-16(19-13)7-2-3-8-16/h4-5,10,13H,2-3,6-9,11,17H2,1H3. The first kappa shape index (κ1) is 12.8. The van der Waals surface area contributed by atoms with Crippen molar-refractivity contribution in [2.24, 2.45) is 0 Å². The second-order valence-electron chi connectivity index (χ2n) is 6.02. The number of rotatable bonds is 3. The molecule has 0 amide bonds. The molecule has 3 rings (SSSR count). The van der Waals surface area contributed by atoms with Crippen LogP contribution in [0.4, 0.5) is 5.69 Å². The summed E-state index contributed by atoms with van der Waals surface area (Å²) in [5.74, 6) is 0.779. The van der Waals surface area contributed by atoms with Crippen LogP contribution in [-0.4, -0.2) is 18.3 Å². The van der Waals surface area contributed by atoms with Crippen LogP contribution in [0.1, 0.15) is 44.1 Å². The van der Waals surface area contributed by atoms with Gasteiger partial charge in [0.15, 0.2) is 0 Å². The number of hydrogen-bond acceptors (Lipinski definition) is 3. The Kier molecular flexibility index (Phi) is 3.40. The SMILES string of the molecule is Cc1ccc(OCC2CCC3(CCCC3)O2)c(N)c1. The third-order valence-electron chi connectivity index (χ3n) is 4.44. The Labute approximate surface area is 115 Å². The molecule has 1 aromatic rings. The summed E-state index contributed by atoms with van der Waals surface area (Å²) in [6, 6.07) is 5.92. The van der Waals surface area contributed by atoms with Crippen molar-refractivity contribution in [3.63, 3.8) is 0 Å². The van der Waals surface area contributed by atoms with E-state index in [1.165, 1.54) is 32.1 Å². The minimum absolute atomic E-state index is 0.187. The number of aryl methyl sites for hydroxylation is 1. The summed E-state index contributed by atoms with van der Waals surface area (Å²) in [5, 5.41) is 0. The van der Waals surface area contributed by atoms with E-state index in [1.807, 2.05) is 25.1 Å². The third-order valence-corrected chi connectivity index (χ3v) is 4.44. The van der Waals surface area contributed by atoms with Crippen LogP contribution in [0.3, 0.4) is 0 Å². The Morgan fingerprint density at radius 2 is 2.11 bits per heavy atom. The first-order valence-corrected chi connectivity index (χ1v) is 7.34. The fraction of sp³-hybridized carbons (Fsp3) is 0.625. The third kappa shape index (κ3) is 2.71. The van der Waals surface area contributed by atoms with Gasteiger partial charge in [-0.05, 0) is 50.3 Å². The molecule has 1 saturated carbocycles. The van der Waals surface area contributed by atoms with Gasteiger partial charge in [-0.25, -0.2) is 0 Å². The van der Waals surface area contributed by atoms with E-state index in [4.69, 9.17) is 15.2 Å². The van der Waals surface area contributed by atoms with Crippen molar-refractivity contribution < 1.29 is 9.47 Å². The lowest BCUT2D eigenvalue weighted by Gasteiger charge is -2.23. The average molecular weight is 261 g/mol. The summed E-state index contributed by atoms with van der Waals surface area (Å²) in [7, 11) is 0. The lowest BCUT2D eigenvalue weighted by atomic mass is 9.98. The summed E-state index contributed by atoms with van der Waals surface area (Å²) < 4.78 is 12.1. The first-order valence-electron chi connectivity index (χ1n) is 7.34. The van der Waals surface area contributed by atoms with Crippen molar-refractivity contribution in [2.75, 3.05) is 12.3 Å². The highest BCUT2D eigenvalue weighted by atomic mass is 16.6. The van der Waals surface area contributed by atoms with Crippen LogP contribution in [0.15, 0.2) is 18.2 Å². The Bertz CT molecular complexity index is 452. The normalized spacial score (nSPS) is 25.0. The highest BCUT2D eigenvalue weighted by Crippen LogP contribution is 2.43. The monoisotopic (exact) mass is 261 g/mol. The van der Waals surface area contributed by atoms with Gasteiger partial charge in [0.25, 0.3) is 0 Å². The molecule has 1 aliphatic carbocycles. The summed E-state index contributed by atoms with van der Waals surface area (Å²) in [5.41, 5.74) is 8.02. The molecule has 3 nitrogen and oxygen atoms in total. The zero-order valence-electron chi connectivity index (χ0n) is 11.7. The second-order valence-corrected chi connectivity index (χ2v) is 6.02. The van der Waals surface area contributed by atoms with Crippen molar-refractivity contribution in [1.82, 2.24) is 0 Å². The van der Waals surface area contributed by atoms with E-state index in [9.17, 15) is 0 Å². The van der Waals surface area contributed by atoms with E-state index in [-0.39, 0.29) is 11.7 Å². The molecule has 0 aromatic heterocycles. The molecule has 1 saturated heterocycles. The second kappa shape index (κ2) is 5.04. The van der Waals surface area contributed by atoms with Gasteiger partial charge >= 0.3 is 0 Å². The number of nitrogen functional groups attached to an aromatic ring is 1. The number of nitrogens with two attached hydrogens (primary N) is 1. The van der Waals surface area contributed by atoms with Crippen LogP contribution in [0.2, 0.25) is 0 Å². The van der Waals surface area contributed by atoms with Crippen LogP contribution >= 0.6 is 0 Å². The van der Waals surface area contributed by atoms with Crippen LogP contribution in [0.25, 0.3) is 0 Å². The summed E-state index contributed by atoms with van der Waals surface area (Å²) in [6.45, 7) is 2.65. The van der Waals surface area contributed by atoms with E-state index in [1.54, 1.807) is 0 Å². The predicted octanol–water partition coefficient (Wildman–Crippen LogP) is 3.45. The van der Waals surface area contributed by atoms with Gasteiger partial charge in [-0.2, -0.15) is 0 Å².